The first-order valence-corrected chi connectivity index (χ1v) is 7.80. The second-order valence-corrected chi connectivity index (χ2v) is 6.10. The van der Waals surface area contributed by atoms with Crippen LogP contribution in [0.15, 0.2) is 42.5 Å². The highest BCUT2D eigenvalue weighted by Crippen LogP contribution is 2.23. The second-order valence-electron chi connectivity index (χ2n) is 4.47. The molecule has 0 saturated heterocycles. The zero-order valence-corrected chi connectivity index (χ0v) is 14.3. The van der Waals surface area contributed by atoms with Crippen molar-refractivity contribution in [3.8, 4) is 11.4 Å². The molecule has 0 fully saturated rings. The minimum Gasteiger partial charge on any atom is -0.468 e. The van der Waals surface area contributed by atoms with E-state index in [1.54, 1.807) is 7.11 Å². The lowest BCUT2D eigenvalue weighted by molar-refractivity contribution is 0.0511. The Hall–Kier alpha value is -1.38. The Labute approximate surface area is 140 Å². The molecule has 0 aliphatic heterocycles. The summed E-state index contributed by atoms with van der Waals surface area (Å²) in [6.45, 7) is 0.240. The first-order valence-electron chi connectivity index (χ1n) is 6.31. The molecule has 0 unspecified atom stereocenters. The van der Waals surface area contributed by atoms with Crippen molar-refractivity contribution in [2.24, 2.45) is 0 Å². The number of benzene rings is 2. The SMILES string of the molecule is COCOc1ccc(-n2c(=S)[nH]c3ccc(I)cc32)cc1. The standard InChI is InChI=1S/C15H13IN2O2S/c1-19-9-20-12-5-3-11(4-6-12)18-14-8-10(16)2-7-13(14)17-15(18)21/h2-8H,9H2,1H3,(H,17,21). The number of hydrogen-bond donors (Lipinski definition) is 1. The van der Waals surface area contributed by atoms with Gasteiger partial charge in [-0.3, -0.25) is 4.57 Å². The first kappa shape index (κ1) is 14.6. The molecule has 0 aliphatic carbocycles. The maximum absolute atomic E-state index is 5.43. The van der Waals surface area contributed by atoms with Crippen LogP contribution in [0.2, 0.25) is 0 Å². The molecule has 1 heterocycles. The van der Waals surface area contributed by atoms with Crippen LogP contribution in [-0.4, -0.2) is 23.5 Å². The Morgan fingerprint density at radius 2 is 1.95 bits per heavy atom. The number of nitrogens with zero attached hydrogens (tertiary/aromatic N) is 1. The molecule has 108 valence electrons. The maximum Gasteiger partial charge on any atom is 0.188 e. The molecule has 0 radical (unpaired) electrons. The van der Waals surface area contributed by atoms with Gasteiger partial charge >= 0.3 is 0 Å². The van der Waals surface area contributed by atoms with Crippen LogP contribution in [0.1, 0.15) is 0 Å². The normalized spacial score (nSPS) is 11.0. The number of methoxy groups -OCH3 is 1. The van der Waals surface area contributed by atoms with E-state index in [1.165, 1.54) is 3.57 Å². The van der Waals surface area contributed by atoms with E-state index in [1.807, 2.05) is 34.9 Å². The zero-order valence-electron chi connectivity index (χ0n) is 11.3. The molecule has 3 aromatic rings. The molecule has 3 rings (SSSR count). The number of aromatic amines is 1. The summed E-state index contributed by atoms with van der Waals surface area (Å²) in [5.41, 5.74) is 3.09. The van der Waals surface area contributed by atoms with Crippen LogP contribution in [0.5, 0.6) is 5.75 Å². The van der Waals surface area contributed by atoms with Crippen LogP contribution in [0.4, 0.5) is 0 Å². The van der Waals surface area contributed by atoms with Crippen molar-refractivity contribution in [2.45, 2.75) is 0 Å². The van der Waals surface area contributed by atoms with E-state index >= 15 is 0 Å². The highest BCUT2D eigenvalue weighted by atomic mass is 127. The van der Waals surface area contributed by atoms with Gasteiger partial charge in [0.1, 0.15) is 5.75 Å². The number of H-pyrrole nitrogens is 1. The highest BCUT2D eigenvalue weighted by molar-refractivity contribution is 14.1. The smallest absolute Gasteiger partial charge is 0.188 e. The summed E-state index contributed by atoms with van der Waals surface area (Å²) in [6.07, 6.45) is 0. The Morgan fingerprint density at radius 3 is 2.67 bits per heavy atom. The molecule has 0 amide bonds. The fraction of sp³-hybridized carbons (Fsp3) is 0.133. The molecule has 6 heteroatoms. The van der Waals surface area contributed by atoms with Gasteiger partial charge in [0.15, 0.2) is 11.6 Å². The summed E-state index contributed by atoms with van der Waals surface area (Å²) in [5.74, 6) is 0.765. The summed E-state index contributed by atoms with van der Waals surface area (Å²) in [5, 5.41) is 0. The van der Waals surface area contributed by atoms with Gasteiger partial charge in [0.2, 0.25) is 0 Å². The third-order valence-electron chi connectivity index (χ3n) is 3.08. The minimum absolute atomic E-state index is 0.240. The predicted octanol–water partition coefficient (Wildman–Crippen LogP) is 4.28. The van der Waals surface area contributed by atoms with E-state index in [0.717, 1.165) is 22.5 Å². The van der Waals surface area contributed by atoms with E-state index in [4.69, 9.17) is 21.7 Å². The lowest BCUT2D eigenvalue weighted by Gasteiger charge is -2.08. The predicted molar refractivity (Wildman–Crippen MR) is 93.7 cm³/mol. The van der Waals surface area contributed by atoms with Gasteiger partial charge in [-0.05, 0) is 77.3 Å². The van der Waals surface area contributed by atoms with Crippen LogP contribution >= 0.6 is 34.8 Å². The summed E-state index contributed by atoms with van der Waals surface area (Å²) in [7, 11) is 1.60. The Morgan fingerprint density at radius 1 is 1.19 bits per heavy atom. The van der Waals surface area contributed by atoms with Gasteiger partial charge in [-0.25, -0.2) is 0 Å². The van der Waals surface area contributed by atoms with E-state index in [2.05, 4.69) is 39.7 Å². The fourth-order valence-electron chi connectivity index (χ4n) is 2.15. The van der Waals surface area contributed by atoms with Gasteiger partial charge in [-0.2, -0.15) is 0 Å². The number of fused-ring (bicyclic) bond motifs is 1. The highest BCUT2D eigenvalue weighted by Gasteiger charge is 2.07. The molecule has 0 spiro atoms. The summed E-state index contributed by atoms with van der Waals surface area (Å²) in [4.78, 5) is 3.22. The minimum atomic E-state index is 0.240. The van der Waals surface area contributed by atoms with Gasteiger partial charge in [0.25, 0.3) is 0 Å². The third kappa shape index (κ3) is 2.97. The van der Waals surface area contributed by atoms with Gasteiger partial charge in [-0.15, -0.1) is 0 Å². The first-order chi connectivity index (χ1) is 10.2. The summed E-state index contributed by atoms with van der Waals surface area (Å²) in [6, 6.07) is 14.0. The number of nitrogens with one attached hydrogen (secondary N) is 1. The topological polar surface area (TPSA) is 39.2 Å². The van der Waals surface area contributed by atoms with Gasteiger partial charge in [0, 0.05) is 16.4 Å². The van der Waals surface area contributed by atoms with Crippen molar-refractivity contribution in [3.63, 3.8) is 0 Å². The van der Waals surface area contributed by atoms with Gasteiger partial charge < -0.3 is 14.5 Å². The van der Waals surface area contributed by atoms with Crippen molar-refractivity contribution >= 4 is 45.8 Å². The molecule has 2 aromatic carbocycles. The van der Waals surface area contributed by atoms with Crippen LogP contribution in [0, 0.1) is 8.34 Å². The average molecular weight is 412 g/mol. The molecule has 21 heavy (non-hydrogen) atoms. The van der Waals surface area contributed by atoms with Gasteiger partial charge in [-0.1, -0.05) is 0 Å². The second kappa shape index (κ2) is 6.17. The van der Waals surface area contributed by atoms with Crippen molar-refractivity contribution < 1.29 is 9.47 Å². The lowest BCUT2D eigenvalue weighted by atomic mass is 10.2. The van der Waals surface area contributed by atoms with Crippen molar-refractivity contribution in [1.29, 1.82) is 0 Å². The van der Waals surface area contributed by atoms with Crippen molar-refractivity contribution in [1.82, 2.24) is 9.55 Å². The maximum atomic E-state index is 5.43. The number of imidazole rings is 1. The number of rotatable bonds is 4. The molecule has 0 bridgehead atoms. The quantitative estimate of drug-likeness (QED) is 0.395. The molecular weight excluding hydrogens is 399 g/mol. The monoisotopic (exact) mass is 412 g/mol. The molecule has 1 N–H and O–H groups in total. The molecular formula is C15H13IN2O2S. The van der Waals surface area contributed by atoms with E-state index in [-0.39, 0.29) is 6.79 Å². The van der Waals surface area contributed by atoms with Crippen LogP contribution in [0.3, 0.4) is 0 Å². The zero-order chi connectivity index (χ0) is 14.8. The largest absolute Gasteiger partial charge is 0.468 e. The molecule has 1 aromatic heterocycles. The fourth-order valence-corrected chi connectivity index (χ4v) is 2.94. The Kier molecular flexibility index (Phi) is 4.27. The van der Waals surface area contributed by atoms with Crippen molar-refractivity contribution in [3.05, 3.63) is 50.8 Å². The Balaban J connectivity index is 2.05. The number of ether oxygens (including phenoxy) is 2. The number of hydrogen-bond acceptors (Lipinski definition) is 3. The number of aromatic nitrogens is 2. The molecule has 4 nitrogen and oxygen atoms in total. The lowest BCUT2D eigenvalue weighted by Crippen LogP contribution is -1.99. The summed E-state index contributed by atoms with van der Waals surface area (Å²) >= 11 is 7.73. The van der Waals surface area contributed by atoms with E-state index in [0.29, 0.717) is 4.77 Å². The van der Waals surface area contributed by atoms with Crippen molar-refractivity contribution in [2.75, 3.05) is 13.9 Å². The van der Waals surface area contributed by atoms with E-state index in [9.17, 15) is 0 Å². The van der Waals surface area contributed by atoms with Crippen LogP contribution < -0.4 is 4.74 Å². The van der Waals surface area contributed by atoms with Crippen LogP contribution in [-0.2, 0) is 4.74 Å². The number of halogens is 1. The van der Waals surface area contributed by atoms with E-state index < -0.39 is 0 Å². The van der Waals surface area contributed by atoms with Crippen LogP contribution in [0.25, 0.3) is 16.7 Å². The summed E-state index contributed by atoms with van der Waals surface area (Å²) < 4.78 is 14.2. The molecule has 0 aliphatic rings. The Bertz CT molecular complexity index is 824. The van der Waals surface area contributed by atoms with Gasteiger partial charge in [0.05, 0.1) is 11.0 Å². The third-order valence-corrected chi connectivity index (χ3v) is 4.04. The molecule has 0 atom stereocenters. The average Bonchev–Trinajstić information content (AvgIpc) is 2.81. The molecule has 0 saturated carbocycles.